The van der Waals surface area contributed by atoms with Crippen molar-refractivity contribution in [1.29, 1.82) is 0 Å². The number of ether oxygens (including phenoxy) is 1. The highest BCUT2D eigenvalue weighted by molar-refractivity contribution is 6.38. The minimum absolute atomic E-state index is 0.0398. The summed E-state index contributed by atoms with van der Waals surface area (Å²) in [5.74, 6) is -2.24. The second kappa shape index (κ2) is 6.64. The van der Waals surface area contributed by atoms with Gasteiger partial charge in [0.1, 0.15) is 17.3 Å². The number of aryl methyl sites for hydroxylation is 1. The van der Waals surface area contributed by atoms with E-state index in [-0.39, 0.29) is 34.9 Å². The second-order valence-electron chi connectivity index (χ2n) is 6.49. The standard InChI is InChI=1S/C22H18FNO4/c1-3-12-9-10-16(15(23)11-12)24-21(26)17-18(22(24)27)20(28-4-2)14-8-6-5-7-13(14)19(17)25/h5-11,25H,3-4H2,1-2H3. The number of benzene rings is 3. The normalized spacial score (nSPS) is 13.3. The molecule has 0 spiro atoms. The first kappa shape index (κ1) is 18.0. The third kappa shape index (κ3) is 2.45. The van der Waals surface area contributed by atoms with Crippen LogP contribution in [0.25, 0.3) is 10.8 Å². The summed E-state index contributed by atoms with van der Waals surface area (Å²) in [6.45, 7) is 3.91. The summed E-state index contributed by atoms with van der Waals surface area (Å²) in [7, 11) is 0. The van der Waals surface area contributed by atoms with Crippen LogP contribution in [0, 0.1) is 5.82 Å². The van der Waals surface area contributed by atoms with Crippen molar-refractivity contribution in [3.8, 4) is 11.5 Å². The molecule has 0 saturated heterocycles. The van der Waals surface area contributed by atoms with E-state index in [1.54, 1.807) is 37.3 Å². The molecule has 4 rings (SSSR count). The highest BCUT2D eigenvalue weighted by atomic mass is 19.1. The lowest BCUT2D eigenvalue weighted by Crippen LogP contribution is -2.30. The number of amides is 2. The fraction of sp³-hybridized carbons (Fsp3) is 0.182. The van der Waals surface area contributed by atoms with Crippen molar-refractivity contribution < 1.29 is 23.8 Å². The number of hydrogen-bond donors (Lipinski definition) is 1. The SMILES string of the molecule is CCOc1c2c(c(O)c3ccccc13)C(=O)N(c1ccc(CC)cc1F)C2=O. The van der Waals surface area contributed by atoms with Crippen LogP contribution in [0.2, 0.25) is 0 Å². The third-order valence-corrected chi connectivity index (χ3v) is 4.92. The van der Waals surface area contributed by atoms with Gasteiger partial charge in [-0.2, -0.15) is 0 Å². The van der Waals surface area contributed by atoms with E-state index in [1.165, 1.54) is 12.1 Å². The number of aromatic hydroxyl groups is 1. The minimum atomic E-state index is -0.771. The van der Waals surface area contributed by atoms with Crippen molar-refractivity contribution in [3.63, 3.8) is 0 Å². The molecule has 0 radical (unpaired) electrons. The number of halogens is 1. The molecule has 0 aromatic heterocycles. The molecule has 3 aromatic carbocycles. The molecule has 0 saturated carbocycles. The lowest BCUT2D eigenvalue weighted by atomic mass is 9.99. The maximum absolute atomic E-state index is 14.6. The average Bonchev–Trinajstić information content (AvgIpc) is 2.96. The minimum Gasteiger partial charge on any atom is -0.506 e. The molecule has 1 aliphatic rings. The molecule has 1 N–H and O–H groups in total. The predicted octanol–water partition coefficient (Wildman–Crippen LogP) is 4.45. The number of phenols is 1. The second-order valence-corrected chi connectivity index (χ2v) is 6.49. The number of nitrogens with zero attached hydrogens (tertiary/aromatic N) is 1. The van der Waals surface area contributed by atoms with Gasteiger partial charge in [-0.1, -0.05) is 37.3 Å². The van der Waals surface area contributed by atoms with Gasteiger partial charge in [-0.3, -0.25) is 9.59 Å². The summed E-state index contributed by atoms with van der Waals surface area (Å²) >= 11 is 0. The molecule has 142 valence electrons. The van der Waals surface area contributed by atoms with Crippen LogP contribution in [-0.4, -0.2) is 23.5 Å². The Bertz CT molecular complexity index is 1140. The van der Waals surface area contributed by atoms with Crippen LogP contribution in [-0.2, 0) is 6.42 Å². The molecule has 0 aliphatic carbocycles. The molecule has 0 bridgehead atoms. The van der Waals surface area contributed by atoms with Crippen LogP contribution in [0.1, 0.15) is 40.1 Å². The summed E-state index contributed by atoms with van der Waals surface area (Å²) in [4.78, 5) is 27.0. The van der Waals surface area contributed by atoms with Crippen molar-refractivity contribution >= 4 is 28.3 Å². The van der Waals surface area contributed by atoms with Gasteiger partial charge in [0.15, 0.2) is 0 Å². The Kier molecular flexibility index (Phi) is 4.26. The Morgan fingerprint density at radius 2 is 1.68 bits per heavy atom. The first-order chi connectivity index (χ1) is 13.5. The Morgan fingerprint density at radius 1 is 1.00 bits per heavy atom. The van der Waals surface area contributed by atoms with Crippen molar-refractivity contribution in [2.75, 3.05) is 11.5 Å². The summed E-state index contributed by atoms with van der Waals surface area (Å²) in [6.07, 6.45) is 0.625. The zero-order valence-electron chi connectivity index (χ0n) is 15.5. The van der Waals surface area contributed by atoms with Crippen molar-refractivity contribution in [1.82, 2.24) is 0 Å². The van der Waals surface area contributed by atoms with Crippen LogP contribution in [0.4, 0.5) is 10.1 Å². The highest BCUT2D eigenvalue weighted by Crippen LogP contribution is 2.45. The molecule has 6 heteroatoms. The number of imide groups is 1. The van der Waals surface area contributed by atoms with Crippen LogP contribution >= 0.6 is 0 Å². The fourth-order valence-corrected chi connectivity index (χ4v) is 3.58. The van der Waals surface area contributed by atoms with Crippen molar-refractivity contribution in [3.05, 3.63) is 65.0 Å². The molecular weight excluding hydrogens is 361 g/mol. The molecule has 0 atom stereocenters. The zero-order valence-corrected chi connectivity index (χ0v) is 15.5. The number of hydrogen-bond acceptors (Lipinski definition) is 4. The van der Waals surface area contributed by atoms with Gasteiger partial charge in [0.2, 0.25) is 0 Å². The van der Waals surface area contributed by atoms with Gasteiger partial charge < -0.3 is 9.84 Å². The molecule has 2 amide bonds. The van der Waals surface area contributed by atoms with Gasteiger partial charge in [0.25, 0.3) is 11.8 Å². The van der Waals surface area contributed by atoms with Gasteiger partial charge in [-0.15, -0.1) is 0 Å². The number of phenolic OH excluding ortho intramolecular Hbond substituents is 1. The lowest BCUT2D eigenvalue weighted by Gasteiger charge is -2.15. The molecule has 5 nitrogen and oxygen atoms in total. The van der Waals surface area contributed by atoms with E-state index in [0.29, 0.717) is 17.2 Å². The van der Waals surface area contributed by atoms with Gasteiger partial charge in [-0.25, -0.2) is 9.29 Å². The summed E-state index contributed by atoms with van der Waals surface area (Å²) in [6, 6.07) is 11.2. The molecule has 3 aromatic rings. The average molecular weight is 379 g/mol. The number of carbonyl (C=O) groups is 2. The Labute approximate surface area is 161 Å². The zero-order chi connectivity index (χ0) is 20.0. The molecule has 1 aliphatic heterocycles. The summed E-state index contributed by atoms with van der Waals surface area (Å²) < 4.78 is 20.3. The van der Waals surface area contributed by atoms with E-state index in [4.69, 9.17) is 4.74 Å². The van der Waals surface area contributed by atoms with Gasteiger partial charge in [0, 0.05) is 10.8 Å². The first-order valence-corrected chi connectivity index (χ1v) is 9.07. The quantitative estimate of drug-likeness (QED) is 0.681. The maximum Gasteiger partial charge on any atom is 0.270 e. The third-order valence-electron chi connectivity index (χ3n) is 4.92. The van der Waals surface area contributed by atoms with E-state index in [9.17, 15) is 19.1 Å². The monoisotopic (exact) mass is 379 g/mol. The highest BCUT2D eigenvalue weighted by Gasteiger charge is 2.43. The van der Waals surface area contributed by atoms with E-state index in [0.717, 1.165) is 10.5 Å². The van der Waals surface area contributed by atoms with E-state index < -0.39 is 17.6 Å². The predicted molar refractivity (Wildman–Crippen MR) is 104 cm³/mol. The fourth-order valence-electron chi connectivity index (χ4n) is 3.58. The van der Waals surface area contributed by atoms with Crippen LogP contribution in [0.5, 0.6) is 11.5 Å². The smallest absolute Gasteiger partial charge is 0.270 e. The molecule has 28 heavy (non-hydrogen) atoms. The topological polar surface area (TPSA) is 66.8 Å². The van der Waals surface area contributed by atoms with Gasteiger partial charge >= 0.3 is 0 Å². The lowest BCUT2D eigenvalue weighted by molar-refractivity contribution is 0.0923. The van der Waals surface area contributed by atoms with Crippen LogP contribution in [0.3, 0.4) is 0 Å². The van der Waals surface area contributed by atoms with E-state index in [1.807, 2.05) is 6.92 Å². The largest absolute Gasteiger partial charge is 0.506 e. The Balaban J connectivity index is 1.98. The van der Waals surface area contributed by atoms with E-state index in [2.05, 4.69) is 0 Å². The van der Waals surface area contributed by atoms with Crippen molar-refractivity contribution in [2.24, 2.45) is 0 Å². The van der Waals surface area contributed by atoms with Crippen LogP contribution < -0.4 is 9.64 Å². The Morgan fingerprint density at radius 3 is 2.32 bits per heavy atom. The number of anilines is 1. The molecule has 1 heterocycles. The molecule has 0 unspecified atom stereocenters. The number of carbonyl (C=O) groups excluding carboxylic acids is 2. The molecular formula is C22H18FNO4. The van der Waals surface area contributed by atoms with Crippen LogP contribution in [0.15, 0.2) is 42.5 Å². The summed E-state index contributed by atoms with van der Waals surface area (Å²) in [5.41, 5.74) is 0.406. The number of fused-ring (bicyclic) bond motifs is 2. The van der Waals surface area contributed by atoms with Gasteiger partial charge in [-0.05, 0) is 31.0 Å². The van der Waals surface area contributed by atoms with E-state index >= 15 is 0 Å². The molecule has 0 fully saturated rings. The maximum atomic E-state index is 14.6. The Hall–Kier alpha value is -3.41. The van der Waals surface area contributed by atoms with Gasteiger partial charge in [0.05, 0.1) is 23.4 Å². The number of rotatable bonds is 4. The summed E-state index contributed by atoms with van der Waals surface area (Å²) in [5, 5.41) is 11.6. The van der Waals surface area contributed by atoms with Crippen molar-refractivity contribution in [2.45, 2.75) is 20.3 Å². The first-order valence-electron chi connectivity index (χ1n) is 9.07.